The van der Waals surface area contributed by atoms with Gasteiger partial charge in [-0.05, 0) is 65.2 Å². The van der Waals surface area contributed by atoms with E-state index in [1.54, 1.807) is 13.0 Å². The average molecular weight is 521 g/mol. The SMILES string of the molecule is CC(NC(=O)C(=CN)C(=N)N)C(=O)OC1CCCCC1.CC(NC(=O)CC#N)C(=O)OC1CCCCC1. The van der Waals surface area contributed by atoms with Crippen molar-refractivity contribution >= 4 is 29.6 Å². The van der Waals surface area contributed by atoms with E-state index in [-0.39, 0.29) is 24.2 Å². The van der Waals surface area contributed by atoms with Gasteiger partial charge in [0, 0.05) is 6.20 Å². The summed E-state index contributed by atoms with van der Waals surface area (Å²) in [6.07, 6.45) is 10.9. The first-order chi connectivity index (χ1) is 17.6. The van der Waals surface area contributed by atoms with Crippen LogP contribution in [0.5, 0.6) is 0 Å². The normalized spacial score (nSPS) is 18.0. The number of carbonyl (C=O) groups excluding carboxylic acids is 4. The van der Waals surface area contributed by atoms with E-state index in [0.717, 1.165) is 57.6 Å². The minimum absolute atomic E-state index is 0.00781. The summed E-state index contributed by atoms with van der Waals surface area (Å²) in [5.74, 6) is -2.44. The number of ether oxygens (including phenoxy) is 2. The molecule has 0 heterocycles. The summed E-state index contributed by atoms with van der Waals surface area (Å²) in [6.45, 7) is 3.10. The van der Waals surface area contributed by atoms with Gasteiger partial charge in [-0.2, -0.15) is 5.26 Å². The maximum atomic E-state index is 11.9. The van der Waals surface area contributed by atoms with Gasteiger partial charge in [-0.1, -0.05) is 12.8 Å². The number of hydrogen-bond donors (Lipinski definition) is 5. The van der Waals surface area contributed by atoms with Crippen LogP contribution in [-0.4, -0.2) is 53.9 Å². The molecule has 206 valence electrons. The molecule has 2 aliphatic rings. The predicted octanol–water partition coefficient (Wildman–Crippen LogP) is 1.43. The molecule has 2 amide bonds. The fourth-order valence-electron chi connectivity index (χ4n) is 3.94. The van der Waals surface area contributed by atoms with Gasteiger partial charge in [-0.25, -0.2) is 9.59 Å². The van der Waals surface area contributed by atoms with Crippen LogP contribution in [0.25, 0.3) is 0 Å². The summed E-state index contributed by atoms with van der Waals surface area (Å²) < 4.78 is 10.6. The molecule has 12 heteroatoms. The third kappa shape index (κ3) is 12.3. The van der Waals surface area contributed by atoms with E-state index in [2.05, 4.69) is 10.6 Å². The Morgan fingerprint density at radius 3 is 1.73 bits per heavy atom. The summed E-state index contributed by atoms with van der Waals surface area (Å²) >= 11 is 0. The van der Waals surface area contributed by atoms with Gasteiger partial charge in [-0.3, -0.25) is 15.0 Å². The second-order valence-electron chi connectivity index (χ2n) is 9.21. The number of nitriles is 1. The lowest BCUT2D eigenvalue weighted by Crippen LogP contribution is -2.43. The average Bonchev–Trinajstić information content (AvgIpc) is 2.86. The van der Waals surface area contributed by atoms with Crippen LogP contribution in [0.4, 0.5) is 0 Å². The second-order valence-corrected chi connectivity index (χ2v) is 9.21. The molecule has 0 spiro atoms. The Morgan fingerprint density at radius 2 is 1.35 bits per heavy atom. The van der Waals surface area contributed by atoms with Crippen LogP contribution >= 0.6 is 0 Å². The molecule has 2 unspecified atom stereocenters. The van der Waals surface area contributed by atoms with Crippen molar-refractivity contribution in [3.63, 3.8) is 0 Å². The molecule has 2 saturated carbocycles. The maximum absolute atomic E-state index is 11.9. The van der Waals surface area contributed by atoms with Gasteiger partial charge < -0.3 is 31.6 Å². The molecule has 2 atom stereocenters. The lowest BCUT2D eigenvalue weighted by molar-refractivity contribution is -0.154. The number of esters is 2. The van der Waals surface area contributed by atoms with Crippen molar-refractivity contribution in [1.29, 1.82) is 10.7 Å². The summed E-state index contributed by atoms with van der Waals surface area (Å²) in [5.41, 5.74) is 10.3. The van der Waals surface area contributed by atoms with E-state index in [1.807, 2.05) is 0 Å². The van der Waals surface area contributed by atoms with Gasteiger partial charge in [-0.15, -0.1) is 0 Å². The molecule has 12 nitrogen and oxygen atoms in total. The van der Waals surface area contributed by atoms with E-state index < -0.39 is 41.7 Å². The number of nitrogens with zero attached hydrogens (tertiary/aromatic N) is 1. The number of amidine groups is 1. The van der Waals surface area contributed by atoms with E-state index >= 15 is 0 Å². The van der Waals surface area contributed by atoms with Crippen molar-refractivity contribution in [2.75, 3.05) is 0 Å². The van der Waals surface area contributed by atoms with Crippen LogP contribution in [-0.2, 0) is 28.7 Å². The molecule has 2 rings (SSSR count). The van der Waals surface area contributed by atoms with Gasteiger partial charge in [0.15, 0.2) is 0 Å². The predicted molar refractivity (Wildman–Crippen MR) is 136 cm³/mol. The molecule has 0 saturated heterocycles. The lowest BCUT2D eigenvalue weighted by Gasteiger charge is -2.23. The van der Waals surface area contributed by atoms with Gasteiger partial charge in [0.25, 0.3) is 5.91 Å². The molecule has 0 radical (unpaired) electrons. The molecule has 0 aliphatic heterocycles. The molecule has 0 aromatic heterocycles. The Hall–Kier alpha value is -3.62. The zero-order chi connectivity index (χ0) is 27.8. The van der Waals surface area contributed by atoms with Crippen LogP contribution in [0.1, 0.15) is 84.5 Å². The molecule has 0 aromatic carbocycles. The number of nitrogens with one attached hydrogen (secondary N) is 3. The number of rotatable bonds is 9. The molecule has 37 heavy (non-hydrogen) atoms. The maximum Gasteiger partial charge on any atom is 0.328 e. The Kier molecular flexibility index (Phi) is 14.4. The Labute approximate surface area is 218 Å². The number of hydrogen-bond acceptors (Lipinski definition) is 9. The highest BCUT2D eigenvalue weighted by Gasteiger charge is 2.25. The van der Waals surface area contributed by atoms with Crippen molar-refractivity contribution in [3.8, 4) is 6.07 Å². The highest BCUT2D eigenvalue weighted by Crippen LogP contribution is 2.21. The van der Waals surface area contributed by atoms with Gasteiger partial charge >= 0.3 is 11.9 Å². The summed E-state index contributed by atoms with van der Waals surface area (Å²) in [6, 6.07) is 0.240. The summed E-state index contributed by atoms with van der Waals surface area (Å²) in [4.78, 5) is 46.3. The van der Waals surface area contributed by atoms with E-state index in [0.29, 0.717) is 0 Å². The molecular weight excluding hydrogens is 480 g/mol. The number of carbonyl (C=O) groups is 4. The fraction of sp³-hybridized carbons (Fsp3) is 0.680. The van der Waals surface area contributed by atoms with Gasteiger partial charge in [0.1, 0.15) is 36.5 Å². The number of nitrogens with two attached hydrogens (primary N) is 2. The molecule has 0 bridgehead atoms. The third-order valence-corrected chi connectivity index (χ3v) is 6.04. The molecule has 0 aromatic rings. The largest absolute Gasteiger partial charge is 0.461 e. The van der Waals surface area contributed by atoms with E-state index in [9.17, 15) is 19.2 Å². The third-order valence-electron chi connectivity index (χ3n) is 6.04. The monoisotopic (exact) mass is 520 g/mol. The molecule has 7 N–H and O–H groups in total. The van der Waals surface area contributed by atoms with Gasteiger partial charge in [0.05, 0.1) is 11.6 Å². The van der Waals surface area contributed by atoms with Crippen molar-refractivity contribution in [3.05, 3.63) is 11.8 Å². The zero-order valence-corrected chi connectivity index (χ0v) is 21.7. The van der Waals surface area contributed by atoms with Crippen LogP contribution in [0.15, 0.2) is 11.8 Å². The molecular formula is C25H40N6O6. The van der Waals surface area contributed by atoms with Crippen molar-refractivity contribution in [2.24, 2.45) is 11.5 Å². The van der Waals surface area contributed by atoms with Crippen LogP contribution < -0.4 is 22.1 Å². The molecule has 2 fully saturated rings. The topological polar surface area (TPSA) is 210 Å². The van der Waals surface area contributed by atoms with Crippen molar-refractivity contribution in [1.82, 2.24) is 10.6 Å². The van der Waals surface area contributed by atoms with Crippen LogP contribution in [0.2, 0.25) is 0 Å². The number of amides is 2. The quantitative estimate of drug-likeness (QED) is 0.129. The summed E-state index contributed by atoms with van der Waals surface area (Å²) in [7, 11) is 0. The lowest BCUT2D eigenvalue weighted by atomic mass is 9.98. The van der Waals surface area contributed by atoms with E-state index in [4.69, 9.17) is 31.6 Å². The standard InChI is InChI=1S/C13H22N4O3.C12H18N2O3/c1-8(17-12(18)10(7-14)11(15)16)13(19)20-9-5-3-2-4-6-9;1-9(14-11(15)7-8-13)12(16)17-10-5-3-2-4-6-10/h7-9H,2-6,14H2,1H3,(H3,15,16)(H,17,18);9-10H,2-7H2,1H3,(H,14,15). The van der Waals surface area contributed by atoms with Crippen molar-refractivity contribution in [2.45, 2.75) is 109 Å². The highest BCUT2D eigenvalue weighted by atomic mass is 16.5. The van der Waals surface area contributed by atoms with Crippen LogP contribution in [0.3, 0.4) is 0 Å². The first-order valence-electron chi connectivity index (χ1n) is 12.7. The Bertz CT molecular complexity index is 871. The first kappa shape index (κ1) is 31.4. The fourth-order valence-corrected chi connectivity index (χ4v) is 3.94. The second kappa shape index (κ2) is 16.9. The smallest absolute Gasteiger partial charge is 0.328 e. The van der Waals surface area contributed by atoms with Crippen molar-refractivity contribution < 1.29 is 28.7 Å². The Morgan fingerprint density at radius 1 is 0.919 bits per heavy atom. The minimum Gasteiger partial charge on any atom is -0.461 e. The summed E-state index contributed by atoms with van der Waals surface area (Å²) in [5, 5.41) is 20.4. The van der Waals surface area contributed by atoms with Gasteiger partial charge in [0.2, 0.25) is 5.91 Å². The highest BCUT2D eigenvalue weighted by molar-refractivity contribution is 6.19. The van der Waals surface area contributed by atoms with Crippen LogP contribution in [0, 0.1) is 16.7 Å². The first-order valence-corrected chi connectivity index (χ1v) is 12.7. The minimum atomic E-state index is -0.807. The Balaban J connectivity index is 0.000000375. The molecule has 2 aliphatic carbocycles. The zero-order valence-electron chi connectivity index (χ0n) is 21.7. The van der Waals surface area contributed by atoms with E-state index in [1.165, 1.54) is 19.8 Å².